The van der Waals surface area contributed by atoms with Gasteiger partial charge in [-0.1, -0.05) is 36.4 Å². The van der Waals surface area contributed by atoms with Crippen molar-refractivity contribution >= 4 is 11.6 Å². The van der Waals surface area contributed by atoms with Crippen LogP contribution in [0.3, 0.4) is 0 Å². The number of aryl methyl sites for hydroxylation is 1. The van der Waals surface area contributed by atoms with E-state index in [0.29, 0.717) is 0 Å². The van der Waals surface area contributed by atoms with Crippen molar-refractivity contribution in [3.63, 3.8) is 0 Å². The third-order valence-corrected chi connectivity index (χ3v) is 5.38. The molecule has 0 saturated heterocycles. The fourth-order valence-corrected chi connectivity index (χ4v) is 3.57. The Balaban J connectivity index is 1.31. The van der Waals surface area contributed by atoms with Gasteiger partial charge in [-0.25, -0.2) is 0 Å². The molecule has 0 aliphatic heterocycles. The molecule has 0 spiro atoms. The number of aliphatic imine (C=N–C) groups is 1. The van der Waals surface area contributed by atoms with E-state index < -0.39 is 0 Å². The molecule has 0 amide bonds. The predicted molar refractivity (Wildman–Crippen MR) is 113 cm³/mol. The van der Waals surface area contributed by atoms with Gasteiger partial charge in [0.05, 0.1) is 6.54 Å². The van der Waals surface area contributed by atoms with Gasteiger partial charge in [-0.3, -0.25) is 9.39 Å². The second-order valence-electron chi connectivity index (χ2n) is 7.42. The first-order valence-electron chi connectivity index (χ1n) is 10.2. The van der Waals surface area contributed by atoms with E-state index in [4.69, 9.17) is 4.99 Å². The van der Waals surface area contributed by atoms with Crippen molar-refractivity contribution in [2.24, 2.45) is 4.99 Å². The lowest BCUT2D eigenvalue weighted by atomic mass is 9.96. The first kappa shape index (κ1) is 18.5. The zero-order valence-electron chi connectivity index (χ0n) is 16.4. The van der Waals surface area contributed by atoms with Gasteiger partial charge in [0.1, 0.15) is 5.82 Å². The minimum Gasteiger partial charge on any atom is -0.357 e. The van der Waals surface area contributed by atoms with Crippen LogP contribution in [0.15, 0.2) is 59.7 Å². The monoisotopic (exact) mass is 376 g/mol. The van der Waals surface area contributed by atoms with Gasteiger partial charge in [-0.15, -0.1) is 10.2 Å². The molecule has 0 atom stereocenters. The molecule has 1 aliphatic carbocycles. The van der Waals surface area contributed by atoms with E-state index >= 15 is 0 Å². The van der Waals surface area contributed by atoms with Crippen molar-refractivity contribution in [2.45, 2.75) is 38.0 Å². The van der Waals surface area contributed by atoms with E-state index in [-0.39, 0.29) is 5.41 Å². The summed E-state index contributed by atoms with van der Waals surface area (Å²) < 4.78 is 2.05. The molecular formula is C22H28N6. The van der Waals surface area contributed by atoms with Gasteiger partial charge in [0, 0.05) is 31.1 Å². The van der Waals surface area contributed by atoms with E-state index in [2.05, 4.69) is 62.5 Å². The van der Waals surface area contributed by atoms with Crippen LogP contribution in [0.25, 0.3) is 5.65 Å². The van der Waals surface area contributed by atoms with Crippen molar-refractivity contribution in [3.05, 3.63) is 66.1 Å². The molecule has 1 aliphatic rings. The van der Waals surface area contributed by atoms with Crippen molar-refractivity contribution < 1.29 is 0 Å². The maximum absolute atomic E-state index is 4.87. The zero-order valence-corrected chi connectivity index (χ0v) is 16.4. The summed E-state index contributed by atoms with van der Waals surface area (Å²) in [4.78, 5) is 4.87. The van der Waals surface area contributed by atoms with Gasteiger partial charge in [-0.2, -0.15) is 0 Å². The van der Waals surface area contributed by atoms with E-state index in [1.54, 1.807) is 0 Å². The molecule has 28 heavy (non-hydrogen) atoms. The van der Waals surface area contributed by atoms with E-state index in [1.165, 1.54) is 18.4 Å². The Labute approximate surface area is 166 Å². The number of nitrogens with zero attached hydrogens (tertiary/aromatic N) is 4. The van der Waals surface area contributed by atoms with Crippen LogP contribution in [0.1, 0.15) is 37.6 Å². The second-order valence-corrected chi connectivity index (χ2v) is 7.42. The van der Waals surface area contributed by atoms with Crippen LogP contribution in [0.2, 0.25) is 0 Å². The highest BCUT2D eigenvalue weighted by molar-refractivity contribution is 5.79. The summed E-state index contributed by atoms with van der Waals surface area (Å²) >= 11 is 0. The molecule has 2 heterocycles. The van der Waals surface area contributed by atoms with Crippen LogP contribution in [0, 0.1) is 0 Å². The molecule has 4 rings (SSSR count). The molecule has 1 aromatic carbocycles. The smallest absolute Gasteiger partial charge is 0.191 e. The Hall–Kier alpha value is -2.89. The SMILES string of the molecule is CCNC(=NCC1(c2ccccc2)CC1)NCCCc1nnc2ccccn12. The van der Waals surface area contributed by atoms with Gasteiger partial charge in [0.2, 0.25) is 0 Å². The van der Waals surface area contributed by atoms with Crippen LogP contribution in [0.4, 0.5) is 0 Å². The standard InChI is InChI=1S/C22H28N6/c1-2-23-21(25-17-22(13-14-22)18-9-4-3-5-10-18)24-15-8-12-20-27-26-19-11-6-7-16-28(19)20/h3-7,9-11,16H,2,8,12-15,17H2,1H3,(H2,23,24,25). The van der Waals surface area contributed by atoms with Gasteiger partial charge in [-0.05, 0) is 43.9 Å². The lowest BCUT2D eigenvalue weighted by molar-refractivity contribution is 0.682. The zero-order chi connectivity index (χ0) is 19.2. The molecular weight excluding hydrogens is 348 g/mol. The van der Waals surface area contributed by atoms with Crippen LogP contribution < -0.4 is 10.6 Å². The van der Waals surface area contributed by atoms with Crippen LogP contribution >= 0.6 is 0 Å². The Morgan fingerprint density at radius 2 is 1.89 bits per heavy atom. The number of aromatic nitrogens is 3. The number of hydrogen-bond donors (Lipinski definition) is 2. The predicted octanol–water partition coefficient (Wildman–Crippen LogP) is 2.95. The maximum atomic E-state index is 4.87. The molecule has 0 bridgehead atoms. The molecule has 6 heteroatoms. The molecule has 0 unspecified atom stereocenters. The number of benzene rings is 1. The van der Waals surface area contributed by atoms with Crippen molar-refractivity contribution in [3.8, 4) is 0 Å². The molecule has 3 aromatic rings. The molecule has 146 valence electrons. The van der Waals surface area contributed by atoms with Crippen LogP contribution in [0.5, 0.6) is 0 Å². The molecule has 2 aromatic heterocycles. The molecule has 1 fully saturated rings. The first-order valence-corrected chi connectivity index (χ1v) is 10.2. The number of rotatable bonds is 8. The van der Waals surface area contributed by atoms with Gasteiger partial charge >= 0.3 is 0 Å². The van der Waals surface area contributed by atoms with Crippen LogP contribution in [-0.4, -0.2) is 40.2 Å². The quantitative estimate of drug-likeness (QED) is 0.360. The minimum atomic E-state index is 0.240. The van der Waals surface area contributed by atoms with Crippen molar-refractivity contribution in [2.75, 3.05) is 19.6 Å². The van der Waals surface area contributed by atoms with Crippen molar-refractivity contribution in [1.29, 1.82) is 0 Å². The fraction of sp³-hybridized carbons (Fsp3) is 0.409. The summed E-state index contributed by atoms with van der Waals surface area (Å²) in [6.45, 7) is 4.65. The van der Waals surface area contributed by atoms with Crippen LogP contribution in [-0.2, 0) is 11.8 Å². The Morgan fingerprint density at radius 3 is 2.68 bits per heavy atom. The summed E-state index contributed by atoms with van der Waals surface area (Å²) in [7, 11) is 0. The lowest BCUT2D eigenvalue weighted by Crippen LogP contribution is -2.38. The first-order chi connectivity index (χ1) is 13.8. The molecule has 0 radical (unpaired) electrons. The topological polar surface area (TPSA) is 66.6 Å². The highest BCUT2D eigenvalue weighted by atomic mass is 15.2. The highest BCUT2D eigenvalue weighted by Gasteiger charge is 2.43. The molecule has 6 nitrogen and oxygen atoms in total. The fourth-order valence-electron chi connectivity index (χ4n) is 3.57. The third-order valence-electron chi connectivity index (χ3n) is 5.38. The van der Waals surface area contributed by atoms with Crippen molar-refractivity contribution in [1.82, 2.24) is 25.2 Å². The largest absolute Gasteiger partial charge is 0.357 e. The Kier molecular flexibility index (Phi) is 5.55. The highest BCUT2D eigenvalue weighted by Crippen LogP contribution is 2.48. The summed E-state index contributed by atoms with van der Waals surface area (Å²) in [6.07, 6.45) is 6.32. The van der Waals surface area contributed by atoms with E-state index in [0.717, 1.165) is 49.9 Å². The number of fused-ring (bicyclic) bond motifs is 1. The summed E-state index contributed by atoms with van der Waals surface area (Å²) in [5.41, 5.74) is 2.55. The minimum absolute atomic E-state index is 0.240. The summed E-state index contributed by atoms with van der Waals surface area (Å²) in [6, 6.07) is 16.7. The maximum Gasteiger partial charge on any atom is 0.191 e. The average Bonchev–Trinajstić information content (AvgIpc) is 3.43. The number of hydrogen-bond acceptors (Lipinski definition) is 3. The summed E-state index contributed by atoms with van der Waals surface area (Å²) in [5, 5.41) is 15.3. The second kappa shape index (κ2) is 8.42. The van der Waals surface area contributed by atoms with E-state index in [1.807, 2.05) is 24.4 Å². The summed E-state index contributed by atoms with van der Waals surface area (Å²) in [5.74, 6) is 1.90. The van der Waals surface area contributed by atoms with Gasteiger partial charge in [0.25, 0.3) is 0 Å². The van der Waals surface area contributed by atoms with E-state index in [9.17, 15) is 0 Å². The number of pyridine rings is 1. The average molecular weight is 377 g/mol. The Bertz CT molecular complexity index is 926. The number of guanidine groups is 1. The van der Waals surface area contributed by atoms with Gasteiger partial charge in [0.15, 0.2) is 11.6 Å². The normalized spacial score (nSPS) is 15.5. The Morgan fingerprint density at radius 1 is 1.07 bits per heavy atom. The third kappa shape index (κ3) is 4.16. The molecule has 2 N–H and O–H groups in total. The van der Waals surface area contributed by atoms with Gasteiger partial charge < -0.3 is 10.6 Å². The number of nitrogens with one attached hydrogen (secondary N) is 2. The molecule has 1 saturated carbocycles. The lowest BCUT2D eigenvalue weighted by Gasteiger charge is -2.16.